The van der Waals surface area contributed by atoms with Gasteiger partial charge >= 0.3 is 0 Å². The molecule has 0 saturated carbocycles. The molecule has 3 heterocycles. The summed E-state index contributed by atoms with van der Waals surface area (Å²) < 4.78 is 6.19. The fraction of sp³-hybridized carbons (Fsp3) is 0.0952. The summed E-state index contributed by atoms with van der Waals surface area (Å²) in [6.45, 7) is 2.23. The van der Waals surface area contributed by atoms with Crippen LogP contribution in [0, 0.1) is 6.92 Å². The lowest BCUT2D eigenvalue weighted by molar-refractivity contribution is -0.572. The number of para-hydroxylation sites is 1. The van der Waals surface area contributed by atoms with Gasteiger partial charge in [0.25, 0.3) is 5.52 Å². The van der Waals surface area contributed by atoms with Crippen LogP contribution in [0.25, 0.3) is 48.3 Å². The van der Waals surface area contributed by atoms with E-state index in [4.69, 9.17) is 0 Å². The molecule has 0 saturated heterocycles. The minimum atomic E-state index is 1.31. The highest BCUT2D eigenvalue weighted by Crippen LogP contribution is 2.41. The van der Waals surface area contributed by atoms with Crippen molar-refractivity contribution in [1.29, 1.82) is 0 Å². The average Bonchev–Trinajstić information content (AvgIpc) is 3.10. The van der Waals surface area contributed by atoms with Gasteiger partial charge in [-0.05, 0) is 30.0 Å². The van der Waals surface area contributed by atoms with Crippen molar-refractivity contribution in [3.63, 3.8) is 0 Å². The van der Waals surface area contributed by atoms with E-state index in [1.54, 1.807) is 0 Å². The van der Waals surface area contributed by atoms with Crippen LogP contribution >= 0.6 is 11.5 Å². The van der Waals surface area contributed by atoms with E-state index in [-0.39, 0.29) is 0 Å². The molecule has 0 aliphatic rings. The smallest absolute Gasteiger partial charge is 0.252 e. The van der Waals surface area contributed by atoms with E-state index in [9.17, 15) is 0 Å². The number of nitrogens with zero attached hydrogens (tertiary/aromatic N) is 2. The highest BCUT2D eigenvalue weighted by atomic mass is 32.1. The Morgan fingerprint density at radius 3 is 2.62 bits per heavy atom. The monoisotopic (exact) mass is 327 g/mol. The molecule has 0 spiro atoms. The Labute approximate surface area is 142 Å². The molecule has 0 atom stereocenters. The number of benzene rings is 3. The van der Waals surface area contributed by atoms with Gasteiger partial charge in [0.1, 0.15) is 21.7 Å². The second kappa shape index (κ2) is 4.05. The number of hydrogen-bond acceptors (Lipinski definition) is 1. The van der Waals surface area contributed by atoms with E-state index in [0.717, 1.165) is 0 Å². The number of pyridine rings is 1. The summed E-state index contributed by atoms with van der Waals surface area (Å²) in [7, 11) is 2.19. The van der Waals surface area contributed by atoms with Gasteiger partial charge in [-0.25, -0.2) is 0 Å². The van der Waals surface area contributed by atoms with E-state index in [1.165, 1.54) is 53.9 Å². The zero-order chi connectivity index (χ0) is 16.0. The van der Waals surface area contributed by atoms with Crippen molar-refractivity contribution in [2.24, 2.45) is 7.05 Å². The van der Waals surface area contributed by atoms with Crippen molar-refractivity contribution >= 4 is 59.8 Å². The quantitative estimate of drug-likeness (QED) is 0.340. The normalized spacial score (nSPS) is 12.6. The maximum Gasteiger partial charge on any atom is 0.252 e. The van der Waals surface area contributed by atoms with Crippen LogP contribution in [0.1, 0.15) is 5.56 Å². The van der Waals surface area contributed by atoms with Crippen molar-refractivity contribution < 1.29 is 3.96 Å². The first-order valence-electron chi connectivity index (χ1n) is 8.21. The lowest BCUT2D eigenvalue weighted by atomic mass is 9.99. The SMILES string of the molecule is Cc1ccc2cccc3c2c1c1c2c(s[n+]1C)c1ccccc1n32. The average molecular weight is 327 g/mol. The van der Waals surface area contributed by atoms with Gasteiger partial charge in [0.05, 0.1) is 16.4 Å². The zero-order valence-corrected chi connectivity index (χ0v) is 14.3. The summed E-state index contributed by atoms with van der Waals surface area (Å²) in [4.78, 5) is 0. The molecule has 0 fully saturated rings. The Morgan fingerprint density at radius 1 is 0.875 bits per heavy atom. The Kier molecular flexibility index (Phi) is 2.15. The van der Waals surface area contributed by atoms with E-state index < -0.39 is 0 Å². The molecule has 0 bridgehead atoms. The Balaban J connectivity index is 2.17. The van der Waals surface area contributed by atoms with Gasteiger partial charge in [-0.1, -0.05) is 42.5 Å². The molecule has 3 aromatic heterocycles. The first-order chi connectivity index (χ1) is 11.8. The molecule has 0 aliphatic heterocycles. The molecular weight excluding hydrogens is 312 g/mol. The molecule has 2 nitrogen and oxygen atoms in total. The van der Waals surface area contributed by atoms with Crippen LogP contribution in [-0.2, 0) is 7.05 Å². The fourth-order valence-corrected chi connectivity index (χ4v) is 5.42. The van der Waals surface area contributed by atoms with Gasteiger partial charge in [0.2, 0.25) is 0 Å². The highest BCUT2D eigenvalue weighted by Gasteiger charge is 2.27. The van der Waals surface area contributed by atoms with Gasteiger partial charge in [-0.15, -0.1) is 3.96 Å². The Morgan fingerprint density at radius 2 is 1.71 bits per heavy atom. The predicted octanol–water partition coefficient (Wildman–Crippen LogP) is 5.18. The van der Waals surface area contributed by atoms with Gasteiger partial charge in [0.15, 0.2) is 7.05 Å². The lowest BCUT2D eigenvalue weighted by Crippen LogP contribution is -2.22. The van der Waals surface area contributed by atoms with Gasteiger partial charge in [0, 0.05) is 10.8 Å². The van der Waals surface area contributed by atoms with E-state index >= 15 is 0 Å². The van der Waals surface area contributed by atoms with E-state index in [0.29, 0.717) is 0 Å². The number of aromatic nitrogens is 2. The molecular formula is C21H15N2S+. The summed E-state index contributed by atoms with van der Waals surface area (Å²) in [5.41, 5.74) is 6.68. The van der Waals surface area contributed by atoms with Crippen molar-refractivity contribution in [2.75, 3.05) is 0 Å². The molecule has 3 heteroatoms. The standard InChI is InChI=1S/C21H15N2S/c1-12-10-11-13-6-5-9-16-18(13)17(12)19-20-21(24-22(19)2)14-7-3-4-8-15(14)23(16)20/h3-11H,1-2H3/q+1. The molecule has 0 unspecified atom stereocenters. The van der Waals surface area contributed by atoms with E-state index in [2.05, 4.69) is 76.9 Å². The fourth-order valence-electron chi connectivity index (χ4n) is 4.33. The molecule has 114 valence electrons. The van der Waals surface area contributed by atoms with Crippen molar-refractivity contribution in [2.45, 2.75) is 6.92 Å². The molecule has 24 heavy (non-hydrogen) atoms. The van der Waals surface area contributed by atoms with Crippen LogP contribution in [0.3, 0.4) is 0 Å². The third kappa shape index (κ3) is 1.28. The van der Waals surface area contributed by atoms with Crippen LogP contribution in [0.2, 0.25) is 0 Å². The van der Waals surface area contributed by atoms with Crippen LogP contribution in [0.5, 0.6) is 0 Å². The molecule has 0 N–H and O–H groups in total. The third-order valence-corrected chi connectivity index (χ3v) is 6.36. The maximum absolute atomic E-state index is 2.46. The zero-order valence-electron chi connectivity index (χ0n) is 13.5. The van der Waals surface area contributed by atoms with Crippen LogP contribution in [0.15, 0.2) is 54.6 Å². The summed E-state index contributed by atoms with van der Waals surface area (Å²) >= 11 is 1.85. The number of fused-ring (bicyclic) bond motifs is 5. The predicted molar refractivity (Wildman–Crippen MR) is 102 cm³/mol. The minimum Gasteiger partial charge on any atom is -0.302 e. The van der Waals surface area contributed by atoms with E-state index in [1.807, 2.05) is 11.5 Å². The maximum atomic E-state index is 2.46. The first-order valence-corrected chi connectivity index (χ1v) is 8.98. The van der Waals surface area contributed by atoms with Crippen molar-refractivity contribution in [1.82, 2.24) is 4.40 Å². The van der Waals surface area contributed by atoms with Crippen LogP contribution in [-0.4, -0.2) is 4.40 Å². The number of rotatable bonds is 0. The minimum absolute atomic E-state index is 1.31. The largest absolute Gasteiger partial charge is 0.302 e. The van der Waals surface area contributed by atoms with Crippen molar-refractivity contribution in [3.05, 3.63) is 60.2 Å². The summed E-state index contributed by atoms with van der Waals surface area (Å²) in [6.07, 6.45) is 0. The summed E-state index contributed by atoms with van der Waals surface area (Å²) in [5, 5.41) is 5.44. The van der Waals surface area contributed by atoms with Crippen LogP contribution in [0.4, 0.5) is 0 Å². The van der Waals surface area contributed by atoms with Crippen LogP contribution < -0.4 is 3.96 Å². The number of hydrogen-bond donors (Lipinski definition) is 0. The molecule has 6 rings (SSSR count). The van der Waals surface area contributed by atoms with Gasteiger partial charge in [-0.3, -0.25) is 0 Å². The molecule has 0 radical (unpaired) electrons. The van der Waals surface area contributed by atoms with Crippen molar-refractivity contribution in [3.8, 4) is 0 Å². The Bertz CT molecular complexity index is 1420. The lowest BCUT2D eigenvalue weighted by Gasteiger charge is -2.10. The first kappa shape index (κ1) is 12.7. The summed E-state index contributed by atoms with van der Waals surface area (Å²) in [6, 6.07) is 19.9. The van der Waals surface area contributed by atoms with Gasteiger partial charge < -0.3 is 4.40 Å². The topological polar surface area (TPSA) is 8.29 Å². The molecule has 3 aromatic carbocycles. The number of aryl methyl sites for hydroxylation is 2. The Hall–Kier alpha value is -2.65. The third-order valence-electron chi connectivity index (χ3n) is 5.31. The summed E-state index contributed by atoms with van der Waals surface area (Å²) in [5.74, 6) is 0. The second-order valence-corrected chi connectivity index (χ2v) is 7.74. The molecule has 0 aliphatic carbocycles. The molecule has 0 amide bonds. The molecule has 6 aromatic rings. The second-order valence-electron chi connectivity index (χ2n) is 6.60. The highest BCUT2D eigenvalue weighted by molar-refractivity contribution is 7.11. The van der Waals surface area contributed by atoms with Gasteiger partial charge in [-0.2, -0.15) is 0 Å².